The van der Waals surface area contributed by atoms with Crippen molar-refractivity contribution >= 4 is 29.0 Å². The smallest absolute Gasteiger partial charge is 0.280 e. The normalized spacial score (nSPS) is 13.8. The SMILES string of the molecule is O=C(Nc1ccn(Cc2c(F)cccc2Cl)n1)c1cc2nc(C3CC3)cc(C(F)F)n2n1. The molecule has 1 aromatic carbocycles. The Morgan fingerprint density at radius 3 is 2.75 bits per heavy atom. The predicted molar refractivity (Wildman–Crippen MR) is 111 cm³/mol. The number of amides is 1. The van der Waals surface area contributed by atoms with Crippen LogP contribution in [0.4, 0.5) is 19.0 Å². The van der Waals surface area contributed by atoms with E-state index in [0.717, 1.165) is 17.4 Å². The average molecular weight is 461 g/mol. The standard InChI is InChI=1S/C21H16ClF3N6O/c22-13-2-1-3-14(23)12(13)10-30-7-6-18(29-30)27-21(32)16-9-19-26-15(11-4-5-11)8-17(20(24)25)31(19)28-16/h1-3,6-9,11,20H,4-5,10H2,(H,27,29,32). The summed E-state index contributed by atoms with van der Waals surface area (Å²) in [6.07, 6.45) is 0.623. The van der Waals surface area contributed by atoms with Gasteiger partial charge in [-0.3, -0.25) is 9.48 Å². The second-order valence-electron chi connectivity index (χ2n) is 7.53. The number of carbonyl (C=O) groups is 1. The molecule has 1 amide bonds. The van der Waals surface area contributed by atoms with Crippen molar-refractivity contribution in [2.75, 3.05) is 5.32 Å². The monoisotopic (exact) mass is 460 g/mol. The Bertz CT molecular complexity index is 1310. The van der Waals surface area contributed by atoms with Crippen LogP contribution in [0.2, 0.25) is 5.02 Å². The maximum absolute atomic E-state index is 14.0. The average Bonchev–Trinajstić information content (AvgIpc) is 3.36. The summed E-state index contributed by atoms with van der Waals surface area (Å²) in [7, 11) is 0. The topological polar surface area (TPSA) is 77.1 Å². The van der Waals surface area contributed by atoms with Gasteiger partial charge in [-0.1, -0.05) is 17.7 Å². The molecule has 3 heterocycles. The quantitative estimate of drug-likeness (QED) is 0.447. The molecule has 1 fully saturated rings. The van der Waals surface area contributed by atoms with Gasteiger partial charge < -0.3 is 5.32 Å². The summed E-state index contributed by atoms with van der Waals surface area (Å²) in [5.41, 5.74) is 0.674. The highest BCUT2D eigenvalue weighted by molar-refractivity contribution is 6.31. The van der Waals surface area contributed by atoms with E-state index in [1.54, 1.807) is 12.3 Å². The van der Waals surface area contributed by atoms with Gasteiger partial charge in [0.05, 0.1) is 6.54 Å². The molecular weight excluding hydrogens is 445 g/mol. The van der Waals surface area contributed by atoms with Crippen molar-refractivity contribution in [3.05, 3.63) is 76.1 Å². The maximum atomic E-state index is 14.0. The van der Waals surface area contributed by atoms with E-state index >= 15 is 0 Å². The van der Waals surface area contributed by atoms with Crippen LogP contribution in [0.3, 0.4) is 0 Å². The number of anilines is 1. The molecule has 0 aliphatic heterocycles. The van der Waals surface area contributed by atoms with Gasteiger partial charge in [-0.05, 0) is 31.0 Å². The highest BCUT2D eigenvalue weighted by Gasteiger charge is 2.28. The number of alkyl halides is 2. The summed E-state index contributed by atoms with van der Waals surface area (Å²) in [6, 6.07) is 8.62. The van der Waals surface area contributed by atoms with E-state index in [-0.39, 0.29) is 45.9 Å². The first-order chi connectivity index (χ1) is 15.4. The van der Waals surface area contributed by atoms with E-state index in [0.29, 0.717) is 5.69 Å². The molecule has 0 radical (unpaired) electrons. The first-order valence-electron chi connectivity index (χ1n) is 9.85. The summed E-state index contributed by atoms with van der Waals surface area (Å²) < 4.78 is 43.4. The van der Waals surface area contributed by atoms with E-state index < -0.39 is 18.1 Å². The first kappa shape index (κ1) is 20.5. The zero-order valence-electron chi connectivity index (χ0n) is 16.5. The Labute approximate surface area is 184 Å². The van der Waals surface area contributed by atoms with Crippen LogP contribution in [0.5, 0.6) is 0 Å². The van der Waals surface area contributed by atoms with Crippen molar-refractivity contribution < 1.29 is 18.0 Å². The number of benzene rings is 1. The van der Waals surface area contributed by atoms with Crippen LogP contribution in [0.15, 0.2) is 42.6 Å². The molecule has 1 saturated carbocycles. The molecule has 164 valence electrons. The molecule has 1 aliphatic rings. The third-order valence-electron chi connectivity index (χ3n) is 5.19. The molecule has 7 nitrogen and oxygen atoms in total. The molecule has 3 aromatic heterocycles. The third kappa shape index (κ3) is 3.93. The molecule has 32 heavy (non-hydrogen) atoms. The Kier molecular flexibility index (Phi) is 5.09. The lowest BCUT2D eigenvalue weighted by Gasteiger charge is -2.06. The second-order valence-corrected chi connectivity index (χ2v) is 7.94. The molecule has 4 aromatic rings. The number of hydrogen-bond donors (Lipinski definition) is 1. The maximum Gasteiger partial charge on any atom is 0.280 e. The number of nitrogens with one attached hydrogen (secondary N) is 1. The summed E-state index contributed by atoms with van der Waals surface area (Å²) >= 11 is 6.04. The highest BCUT2D eigenvalue weighted by Crippen LogP contribution is 2.40. The fourth-order valence-corrected chi connectivity index (χ4v) is 3.64. The van der Waals surface area contributed by atoms with E-state index in [2.05, 4.69) is 20.5 Å². The number of aromatic nitrogens is 5. The van der Waals surface area contributed by atoms with Crippen molar-refractivity contribution in [1.82, 2.24) is 24.4 Å². The Hall–Kier alpha value is -3.40. The van der Waals surface area contributed by atoms with Crippen LogP contribution in [0, 0.1) is 5.82 Å². The zero-order chi connectivity index (χ0) is 22.4. The van der Waals surface area contributed by atoms with Crippen LogP contribution in [0.1, 0.15) is 52.6 Å². The van der Waals surface area contributed by atoms with Crippen LogP contribution in [0.25, 0.3) is 5.65 Å². The third-order valence-corrected chi connectivity index (χ3v) is 5.54. The lowest BCUT2D eigenvalue weighted by molar-refractivity contribution is 0.102. The van der Waals surface area contributed by atoms with Crippen molar-refractivity contribution in [2.24, 2.45) is 0 Å². The minimum absolute atomic E-state index is 0.0703. The largest absolute Gasteiger partial charge is 0.304 e. The molecule has 0 spiro atoms. The van der Waals surface area contributed by atoms with Crippen LogP contribution in [-0.2, 0) is 6.54 Å². The number of fused-ring (bicyclic) bond motifs is 1. The zero-order valence-corrected chi connectivity index (χ0v) is 17.2. The lowest BCUT2D eigenvalue weighted by atomic mass is 10.2. The molecule has 0 unspecified atom stereocenters. The predicted octanol–water partition coefficient (Wildman–Crippen LogP) is 4.83. The molecule has 0 saturated heterocycles. The number of nitrogens with zero attached hydrogens (tertiary/aromatic N) is 5. The van der Waals surface area contributed by atoms with Crippen molar-refractivity contribution in [2.45, 2.75) is 31.7 Å². The van der Waals surface area contributed by atoms with E-state index in [9.17, 15) is 18.0 Å². The van der Waals surface area contributed by atoms with Gasteiger partial charge in [0, 0.05) is 40.5 Å². The van der Waals surface area contributed by atoms with Gasteiger partial charge in [-0.2, -0.15) is 10.2 Å². The summed E-state index contributed by atoms with van der Waals surface area (Å²) in [4.78, 5) is 17.0. The van der Waals surface area contributed by atoms with Crippen molar-refractivity contribution in [3.63, 3.8) is 0 Å². The summed E-state index contributed by atoms with van der Waals surface area (Å²) in [6.45, 7) is 0.0708. The number of hydrogen-bond acceptors (Lipinski definition) is 4. The summed E-state index contributed by atoms with van der Waals surface area (Å²) in [5, 5.41) is 11.0. The van der Waals surface area contributed by atoms with Gasteiger partial charge in [0.2, 0.25) is 0 Å². The Morgan fingerprint density at radius 2 is 2.03 bits per heavy atom. The molecule has 11 heteroatoms. The van der Waals surface area contributed by atoms with Crippen molar-refractivity contribution in [1.29, 1.82) is 0 Å². The first-order valence-corrected chi connectivity index (χ1v) is 10.2. The number of rotatable bonds is 6. The lowest BCUT2D eigenvalue weighted by Crippen LogP contribution is -2.14. The molecule has 5 rings (SSSR count). The van der Waals surface area contributed by atoms with Crippen LogP contribution >= 0.6 is 11.6 Å². The van der Waals surface area contributed by atoms with Gasteiger partial charge in [0.1, 0.15) is 11.5 Å². The second kappa shape index (κ2) is 7.94. The molecule has 0 bridgehead atoms. The Balaban J connectivity index is 1.37. The summed E-state index contributed by atoms with van der Waals surface area (Å²) in [5.74, 6) is -0.717. The molecular formula is C21H16ClF3N6O. The van der Waals surface area contributed by atoms with Crippen LogP contribution < -0.4 is 5.32 Å². The van der Waals surface area contributed by atoms with E-state index in [4.69, 9.17) is 11.6 Å². The van der Waals surface area contributed by atoms with Gasteiger partial charge in [-0.15, -0.1) is 0 Å². The van der Waals surface area contributed by atoms with Crippen LogP contribution in [-0.4, -0.2) is 30.3 Å². The van der Waals surface area contributed by atoms with Gasteiger partial charge in [0.25, 0.3) is 12.3 Å². The van der Waals surface area contributed by atoms with Gasteiger partial charge in [0.15, 0.2) is 17.2 Å². The van der Waals surface area contributed by atoms with Gasteiger partial charge >= 0.3 is 0 Å². The number of halogens is 4. The molecule has 1 aliphatic carbocycles. The van der Waals surface area contributed by atoms with Crippen molar-refractivity contribution in [3.8, 4) is 0 Å². The fraction of sp³-hybridized carbons (Fsp3) is 0.238. The Morgan fingerprint density at radius 1 is 1.22 bits per heavy atom. The van der Waals surface area contributed by atoms with E-state index in [1.807, 2.05) is 0 Å². The molecule has 1 N–H and O–H groups in total. The minimum atomic E-state index is -2.75. The number of carbonyl (C=O) groups excluding carboxylic acids is 1. The van der Waals surface area contributed by atoms with E-state index in [1.165, 1.54) is 35.0 Å². The highest BCUT2D eigenvalue weighted by atomic mass is 35.5. The van der Waals surface area contributed by atoms with Gasteiger partial charge in [-0.25, -0.2) is 22.7 Å². The fourth-order valence-electron chi connectivity index (χ4n) is 3.41. The molecule has 0 atom stereocenters. The minimum Gasteiger partial charge on any atom is -0.304 e.